The number of carbonyl (C=O) groups excluding carboxylic acids is 2. The molecule has 0 radical (unpaired) electrons. The second kappa shape index (κ2) is 6.36. The van der Waals surface area contributed by atoms with Crippen LogP contribution in [0.2, 0.25) is 0 Å². The van der Waals surface area contributed by atoms with E-state index < -0.39 is 11.9 Å². The molecule has 0 saturated carbocycles. The molecule has 12 heavy (non-hydrogen) atoms. The molecule has 5 nitrogen and oxygen atoms in total. The van der Waals surface area contributed by atoms with E-state index in [4.69, 9.17) is 0 Å². The molecule has 0 unspecified atom stereocenters. The van der Waals surface area contributed by atoms with Crippen molar-refractivity contribution in [2.45, 2.75) is 6.92 Å². The van der Waals surface area contributed by atoms with E-state index in [1.54, 1.807) is 6.92 Å². The van der Waals surface area contributed by atoms with Gasteiger partial charge >= 0.3 is 11.9 Å². The van der Waals surface area contributed by atoms with Crippen molar-refractivity contribution in [3.8, 4) is 0 Å². The van der Waals surface area contributed by atoms with Gasteiger partial charge in [0.15, 0.2) is 0 Å². The number of esters is 1. The third-order valence-electron chi connectivity index (χ3n) is 0.808. The van der Waals surface area contributed by atoms with Crippen molar-refractivity contribution in [3.63, 3.8) is 0 Å². The Bertz CT molecular complexity index is 164. The van der Waals surface area contributed by atoms with Crippen LogP contribution in [0.15, 0.2) is 12.2 Å². The first kappa shape index (κ1) is 10.6. The van der Waals surface area contributed by atoms with E-state index in [1.165, 1.54) is 7.11 Å². The Morgan fingerprint density at radius 1 is 1.25 bits per heavy atom. The lowest BCUT2D eigenvalue weighted by Gasteiger charge is -1.94. The fourth-order valence-corrected chi connectivity index (χ4v) is 0.436. The molecule has 0 atom stereocenters. The summed E-state index contributed by atoms with van der Waals surface area (Å²) in [5.41, 5.74) is 0. The second-order valence-corrected chi connectivity index (χ2v) is 1.65. The molecule has 68 valence electrons. The van der Waals surface area contributed by atoms with Crippen molar-refractivity contribution >= 4 is 11.9 Å². The molecular formula is C7H10O5. The highest BCUT2D eigenvalue weighted by atomic mass is 17.2. The zero-order valence-electron chi connectivity index (χ0n) is 6.90. The molecule has 0 spiro atoms. The minimum Gasteiger partial charge on any atom is -0.463 e. The van der Waals surface area contributed by atoms with Gasteiger partial charge in [0.25, 0.3) is 0 Å². The molecule has 0 aromatic heterocycles. The third kappa shape index (κ3) is 5.43. The summed E-state index contributed by atoms with van der Waals surface area (Å²) in [7, 11) is 1.19. The normalized spacial score (nSPS) is 9.83. The van der Waals surface area contributed by atoms with E-state index in [1.807, 2.05) is 0 Å². The Kier molecular flexibility index (Phi) is 5.64. The first-order valence-electron chi connectivity index (χ1n) is 3.30. The molecule has 0 fully saturated rings. The van der Waals surface area contributed by atoms with Crippen LogP contribution in [0.4, 0.5) is 0 Å². The van der Waals surface area contributed by atoms with Crippen LogP contribution in [0.25, 0.3) is 0 Å². The average Bonchev–Trinajstić information content (AvgIpc) is 2.02. The van der Waals surface area contributed by atoms with Crippen molar-refractivity contribution in [3.05, 3.63) is 12.2 Å². The maximum Gasteiger partial charge on any atom is 0.366 e. The van der Waals surface area contributed by atoms with Gasteiger partial charge < -0.3 is 4.74 Å². The van der Waals surface area contributed by atoms with Gasteiger partial charge in [0.05, 0.1) is 13.7 Å². The number of ether oxygens (including phenoxy) is 1. The fraction of sp³-hybridized carbons (Fsp3) is 0.429. The number of hydrogen-bond donors (Lipinski definition) is 0. The Hall–Kier alpha value is -1.36. The van der Waals surface area contributed by atoms with Crippen LogP contribution in [0, 0.1) is 0 Å². The lowest BCUT2D eigenvalue weighted by molar-refractivity contribution is -0.249. The van der Waals surface area contributed by atoms with Crippen LogP contribution in [0.1, 0.15) is 6.92 Å². The summed E-state index contributed by atoms with van der Waals surface area (Å²) in [6, 6.07) is 0. The van der Waals surface area contributed by atoms with Crippen molar-refractivity contribution in [1.82, 2.24) is 0 Å². The predicted octanol–water partition coefficient (Wildman–Crippen LogP) is 0.210. The lowest BCUT2D eigenvalue weighted by Crippen LogP contribution is -2.03. The molecule has 0 N–H and O–H groups in total. The van der Waals surface area contributed by atoms with Gasteiger partial charge in [-0.1, -0.05) is 0 Å². The number of hydrogen-bond acceptors (Lipinski definition) is 5. The van der Waals surface area contributed by atoms with Gasteiger partial charge in [-0.25, -0.2) is 9.59 Å². The Balaban J connectivity index is 3.73. The molecule has 0 rings (SSSR count). The lowest BCUT2D eigenvalue weighted by atomic mass is 10.5. The maximum atomic E-state index is 10.6. The largest absolute Gasteiger partial charge is 0.463 e. The van der Waals surface area contributed by atoms with Gasteiger partial charge in [-0.15, -0.1) is 0 Å². The summed E-state index contributed by atoms with van der Waals surface area (Å²) in [4.78, 5) is 29.2. The van der Waals surface area contributed by atoms with Gasteiger partial charge in [0, 0.05) is 12.2 Å². The van der Waals surface area contributed by atoms with Crippen LogP contribution in [0.5, 0.6) is 0 Å². The zero-order chi connectivity index (χ0) is 9.40. The molecular weight excluding hydrogens is 164 g/mol. The van der Waals surface area contributed by atoms with Crippen molar-refractivity contribution in [1.29, 1.82) is 0 Å². The number of rotatable bonds is 4. The molecule has 0 aliphatic carbocycles. The first-order valence-corrected chi connectivity index (χ1v) is 3.30. The van der Waals surface area contributed by atoms with E-state index >= 15 is 0 Å². The highest BCUT2D eigenvalue weighted by Crippen LogP contribution is 1.84. The summed E-state index contributed by atoms with van der Waals surface area (Å²) in [6.45, 7) is 1.93. The molecule has 0 saturated heterocycles. The smallest absolute Gasteiger partial charge is 0.366 e. The predicted molar refractivity (Wildman–Crippen MR) is 38.9 cm³/mol. The molecule has 5 heteroatoms. The van der Waals surface area contributed by atoms with Gasteiger partial charge in [0.2, 0.25) is 0 Å². The minimum atomic E-state index is -0.759. The molecule has 0 aliphatic rings. The van der Waals surface area contributed by atoms with Crippen LogP contribution >= 0.6 is 0 Å². The molecule has 0 aliphatic heterocycles. The summed E-state index contributed by atoms with van der Waals surface area (Å²) in [5, 5.41) is 0. The fourth-order valence-electron chi connectivity index (χ4n) is 0.436. The summed E-state index contributed by atoms with van der Waals surface area (Å²) in [6.07, 6.45) is 1.88. The van der Waals surface area contributed by atoms with Crippen LogP contribution in [0.3, 0.4) is 0 Å². The molecule has 0 amide bonds. The van der Waals surface area contributed by atoms with E-state index in [9.17, 15) is 9.59 Å². The molecule has 0 aromatic rings. The summed E-state index contributed by atoms with van der Waals surface area (Å²) >= 11 is 0. The van der Waals surface area contributed by atoms with E-state index in [2.05, 4.69) is 14.5 Å². The van der Waals surface area contributed by atoms with Crippen LogP contribution in [-0.4, -0.2) is 25.7 Å². The Labute approximate surface area is 69.8 Å². The van der Waals surface area contributed by atoms with Crippen LogP contribution < -0.4 is 0 Å². The number of carbonyl (C=O) groups is 2. The monoisotopic (exact) mass is 174 g/mol. The first-order chi connectivity index (χ1) is 5.70. The maximum absolute atomic E-state index is 10.6. The van der Waals surface area contributed by atoms with E-state index in [0.717, 1.165) is 12.2 Å². The summed E-state index contributed by atoms with van der Waals surface area (Å²) in [5.74, 6) is -1.35. The molecule has 0 aromatic carbocycles. The van der Waals surface area contributed by atoms with Crippen molar-refractivity contribution in [2.75, 3.05) is 13.7 Å². The minimum absolute atomic E-state index is 0.266. The van der Waals surface area contributed by atoms with Crippen molar-refractivity contribution in [2.24, 2.45) is 0 Å². The van der Waals surface area contributed by atoms with Gasteiger partial charge in [-0.3, -0.25) is 4.89 Å². The SMILES string of the molecule is CCOC(=O)C=CC(=O)OOC. The average molecular weight is 174 g/mol. The topological polar surface area (TPSA) is 61.8 Å². The van der Waals surface area contributed by atoms with E-state index in [-0.39, 0.29) is 6.61 Å². The highest BCUT2D eigenvalue weighted by molar-refractivity contribution is 5.91. The zero-order valence-corrected chi connectivity index (χ0v) is 6.90. The molecule has 0 heterocycles. The van der Waals surface area contributed by atoms with Crippen molar-refractivity contribution < 1.29 is 24.1 Å². The van der Waals surface area contributed by atoms with Gasteiger partial charge in [-0.2, -0.15) is 4.89 Å². The quantitative estimate of drug-likeness (QED) is 0.264. The Morgan fingerprint density at radius 3 is 2.33 bits per heavy atom. The van der Waals surface area contributed by atoms with Gasteiger partial charge in [-0.05, 0) is 6.92 Å². The standard InChI is InChI=1S/C7H10O5/c1-3-11-6(8)4-5-7(9)12-10-2/h4-5H,3H2,1-2H3. The van der Waals surface area contributed by atoms with Crippen LogP contribution in [-0.2, 0) is 24.1 Å². The Morgan fingerprint density at radius 2 is 1.83 bits per heavy atom. The molecule has 0 bridgehead atoms. The van der Waals surface area contributed by atoms with E-state index in [0.29, 0.717) is 0 Å². The second-order valence-electron chi connectivity index (χ2n) is 1.65. The third-order valence-corrected chi connectivity index (χ3v) is 0.808. The van der Waals surface area contributed by atoms with Gasteiger partial charge in [0.1, 0.15) is 0 Å². The highest BCUT2D eigenvalue weighted by Gasteiger charge is 1.98. The summed E-state index contributed by atoms with van der Waals surface area (Å²) < 4.78 is 4.50.